The molecule has 0 aliphatic rings. The van der Waals surface area contributed by atoms with Gasteiger partial charge in [0.15, 0.2) is 0 Å². The van der Waals surface area contributed by atoms with Gasteiger partial charge in [-0.05, 0) is 57.9 Å². The molecular weight excluding hydrogens is 348 g/mol. The first-order valence-electron chi connectivity index (χ1n) is 7.28. The van der Waals surface area contributed by atoms with Crippen LogP contribution in [-0.4, -0.2) is 30.7 Å². The molecule has 0 saturated carbocycles. The fourth-order valence-electron chi connectivity index (χ4n) is 1.66. The van der Waals surface area contributed by atoms with Gasteiger partial charge < -0.3 is 15.4 Å². The number of alkyl carbamates (subject to hydrolysis) is 1. The van der Waals surface area contributed by atoms with Crippen molar-refractivity contribution in [1.29, 1.82) is 0 Å². The second-order valence-electron chi connectivity index (χ2n) is 5.90. The van der Waals surface area contributed by atoms with Crippen LogP contribution in [0.3, 0.4) is 0 Å². The fourth-order valence-corrected chi connectivity index (χ4v) is 1.92. The number of carbonyl (C=O) groups is 2. The summed E-state index contributed by atoms with van der Waals surface area (Å²) in [5.41, 5.74) is 0.151. The molecule has 1 rings (SSSR count). The van der Waals surface area contributed by atoms with Crippen molar-refractivity contribution in [1.82, 2.24) is 10.6 Å². The lowest BCUT2D eigenvalue weighted by Gasteiger charge is -2.19. The normalized spacial score (nSPS) is 10.9. The molecule has 0 unspecified atom stereocenters. The number of hydrogen-bond donors (Lipinski definition) is 2. The molecule has 1 aromatic rings. The van der Waals surface area contributed by atoms with Gasteiger partial charge in [0.05, 0.1) is 0 Å². The van der Waals surface area contributed by atoms with Gasteiger partial charge in [0.1, 0.15) is 5.60 Å². The zero-order valence-electron chi connectivity index (χ0n) is 13.2. The lowest BCUT2D eigenvalue weighted by atomic mass is 10.2. The van der Waals surface area contributed by atoms with Gasteiger partial charge in [-0.1, -0.05) is 15.9 Å². The monoisotopic (exact) mass is 370 g/mol. The van der Waals surface area contributed by atoms with Gasteiger partial charge in [-0.25, -0.2) is 4.79 Å². The Hall–Kier alpha value is -1.56. The van der Waals surface area contributed by atoms with Crippen LogP contribution in [-0.2, 0) is 4.74 Å². The van der Waals surface area contributed by atoms with E-state index in [4.69, 9.17) is 4.74 Å². The SMILES string of the molecule is CC(C)(C)OC(=O)NCCCCNC(=O)c1ccc(Br)cc1. The first-order valence-corrected chi connectivity index (χ1v) is 8.08. The Labute approximate surface area is 139 Å². The molecule has 0 atom stereocenters. The summed E-state index contributed by atoms with van der Waals surface area (Å²) in [6.07, 6.45) is 1.16. The average molecular weight is 371 g/mol. The number of benzene rings is 1. The van der Waals surface area contributed by atoms with E-state index in [1.807, 2.05) is 32.9 Å². The molecule has 2 N–H and O–H groups in total. The van der Waals surface area contributed by atoms with Crippen LogP contribution < -0.4 is 10.6 Å². The summed E-state index contributed by atoms with van der Waals surface area (Å²) in [4.78, 5) is 23.2. The van der Waals surface area contributed by atoms with Gasteiger partial charge in [0.25, 0.3) is 5.91 Å². The fraction of sp³-hybridized carbons (Fsp3) is 0.500. The molecular formula is C16H23BrN2O3. The van der Waals surface area contributed by atoms with Gasteiger partial charge in [-0.2, -0.15) is 0 Å². The highest BCUT2D eigenvalue weighted by Crippen LogP contribution is 2.10. The van der Waals surface area contributed by atoms with Crippen molar-refractivity contribution < 1.29 is 14.3 Å². The standard InChI is InChI=1S/C16H23BrN2O3/c1-16(2,3)22-15(21)19-11-5-4-10-18-14(20)12-6-8-13(17)9-7-12/h6-9H,4-5,10-11H2,1-3H3,(H,18,20)(H,19,21). The summed E-state index contributed by atoms with van der Waals surface area (Å²) < 4.78 is 6.07. The summed E-state index contributed by atoms with van der Waals surface area (Å²) in [5, 5.41) is 5.53. The van der Waals surface area contributed by atoms with Gasteiger partial charge in [0.2, 0.25) is 0 Å². The predicted molar refractivity (Wildman–Crippen MR) is 89.9 cm³/mol. The Morgan fingerprint density at radius 2 is 1.59 bits per heavy atom. The summed E-state index contributed by atoms with van der Waals surface area (Å²) in [5.74, 6) is -0.0902. The lowest BCUT2D eigenvalue weighted by Crippen LogP contribution is -2.33. The molecule has 0 heterocycles. The molecule has 122 valence electrons. The first-order chi connectivity index (χ1) is 10.3. The van der Waals surface area contributed by atoms with Crippen molar-refractivity contribution in [3.05, 3.63) is 34.3 Å². The third-order valence-electron chi connectivity index (χ3n) is 2.66. The van der Waals surface area contributed by atoms with Crippen LogP contribution in [0.1, 0.15) is 44.0 Å². The van der Waals surface area contributed by atoms with Crippen molar-refractivity contribution in [2.75, 3.05) is 13.1 Å². The van der Waals surface area contributed by atoms with Crippen molar-refractivity contribution in [3.8, 4) is 0 Å². The van der Waals surface area contributed by atoms with Gasteiger partial charge in [-0.3, -0.25) is 4.79 Å². The molecule has 0 saturated heterocycles. The van der Waals surface area contributed by atoms with E-state index in [0.29, 0.717) is 18.7 Å². The number of rotatable bonds is 6. The first kappa shape index (κ1) is 18.5. The summed E-state index contributed by atoms with van der Waals surface area (Å²) in [7, 11) is 0. The van der Waals surface area contributed by atoms with E-state index in [1.165, 1.54) is 0 Å². The minimum absolute atomic E-state index is 0.0902. The van der Waals surface area contributed by atoms with Crippen molar-refractivity contribution >= 4 is 27.9 Å². The van der Waals surface area contributed by atoms with Crippen molar-refractivity contribution in [2.45, 2.75) is 39.2 Å². The molecule has 2 amide bonds. The smallest absolute Gasteiger partial charge is 0.407 e. The Morgan fingerprint density at radius 1 is 1.05 bits per heavy atom. The number of amides is 2. The average Bonchev–Trinajstić information content (AvgIpc) is 2.41. The molecule has 6 heteroatoms. The van der Waals surface area contributed by atoms with E-state index in [9.17, 15) is 9.59 Å². The van der Waals surface area contributed by atoms with Crippen LogP contribution in [0.4, 0.5) is 4.79 Å². The van der Waals surface area contributed by atoms with E-state index >= 15 is 0 Å². The van der Waals surface area contributed by atoms with E-state index in [2.05, 4.69) is 26.6 Å². The minimum atomic E-state index is -0.483. The Morgan fingerprint density at radius 3 is 2.14 bits per heavy atom. The number of carbonyl (C=O) groups excluding carboxylic acids is 2. The molecule has 1 aromatic carbocycles. The predicted octanol–water partition coefficient (Wildman–Crippen LogP) is 3.48. The maximum absolute atomic E-state index is 11.8. The van der Waals surface area contributed by atoms with E-state index < -0.39 is 11.7 Å². The molecule has 0 aliphatic heterocycles. The van der Waals surface area contributed by atoms with Crippen LogP contribution in [0.2, 0.25) is 0 Å². The highest BCUT2D eigenvalue weighted by Gasteiger charge is 2.15. The second-order valence-corrected chi connectivity index (χ2v) is 6.81. The van der Waals surface area contributed by atoms with Crippen LogP contribution in [0.25, 0.3) is 0 Å². The Balaban J connectivity index is 2.12. The highest BCUT2D eigenvalue weighted by atomic mass is 79.9. The summed E-state index contributed by atoms with van der Waals surface area (Å²) in [6.45, 7) is 6.58. The number of nitrogens with one attached hydrogen (secondary N) is 2. The Kier molecular flexibility index (Phi) is 7.38. The maximum Gasteiger partial charge on any atom is 0.407 e. The largest absolute Gasteiger partial charge is 0.444 e. The molecule has 0 bridgehead atoms. The number of unbranched alkanes of at least 4 members (excludes halogenated alkanes) is 1. The molecule has 5 nitrogen and oxygen atoms in total. The van der Waals surface area contributed by atoms with Crippen molar-refractivity contribution in [2.24, 2.45) is 0 Å². The van der Waals surface area contributed by atoms with E-state index in [-0.39, 0.29) is 5.91 Å². The van der Waals surface area contributed by atoms with E-state index in [0.717, 1.165) is 17.3 Å². The zero-order chi connectivity index (χ0) is 16.6. The molecule has 0 radical (unpaired) electrons. The number of halogens is 1. The van der Waals surface area contributed by atoms with Crippen LogP contribution in [0.15, 0.2) is 28.7 Å². The van der Waals surface area contributed by atoms with E-state index in [1.54, 1.807) is 12.1 Å². The van der Waals surface area contributed by atoms with Gasteiger partial charge in [0, 0.05) is 23.1 Å². The third-order valence-corrected chi connectivity index (χ3v) is 3.19. The quantitative estimate of drug-likeness (QED) is 0.753. The molecule has 22 heavy (non-hydrogen) atoms. The van der Waals surface area contributed by atoms with Crippen LogP contribution in [0, 0.1) is 0 Å². The lowest BCUT2D eigenvalue weighted by molar-refractivity contribution is 0.0526. The Bertz CT molecular complexity index is 495. The maximum atomic E-state index is 11.8. The summed E-state index contributed by atoms with van der Waals surface area (Å²) in [6, 6.07) is 7.20. The molecule has 0 aliphatic carbocycles. The van der Waals surface area contributed by atoms with Gasteiger partial charge >= 0.3 is 6.09 Å². The molecule has 0 aromatic heterocycles. The van der Waals surface area contributed by atoms with Gasteiger partial charge in [-0.15, -0.1) is 0 Å². The highest BCUT2D eigenvalue weighted by molar-refractivity contribution is 9.10. The number of ether oxygens (including phenoxy) is 1. The summed E-state index contributed by atoms with van der Waals surface area (Å²) >= 11 is 3.33. The molecule has 0 fully saturated rings. The molecule has 0 spiro atoms. The number of hydrogen-bond acceptors (Lipinski definition) is 3. The zero-order valence-corrected chi connectivity index (χ0v) is 14.8. The van der Waals surface area contributed by atoms with Crippen molar-refractivity contribution in [3.63, 3.8) is 0 Å². The van der Waals surface area contributed by atoms with Crippen LogP contribution in [0.5, 0.6) is 0 Å². The van der Waals surface area contributed by atoms with Crippen LogP contribution >= 0.6 is 15.9 Å². The topological polar surface area (TPSA) is 67.4 Å². The third kappa shape index (κ3) is 8.02. The second kappa shape index (κ2) is 8.78. The minimum Gasteiger partial charge on any atom is -0.444 e.